The van der Waals surface area contributed by atoms with E-state index in [2.05, 4.69) is 35.0 Å². The predicted molar refractivity (Wildman–Crippen MR) is 74.2 cm³/mol. The van der Waals surface area contributed by atoms with E-state index < -0.39 is 0 Å². The number of hydrogen-bond donors (Lipinski definition) is 2. The van der Waals surface area contributed by atoms with Gasteiger partial charge in [-0.05, 0) is 18.4 Å². The Hall–Kier alpha value is -2.44. The molecule has 4 rings (SSSR count). The molecule has 1 aliphatic heterocycles. The molecular weight excluding hydrogens is 254 g/mol. The van der Waals surface area contributed by atoms with Gasteiger partial charge < -0.3 is 14.9 Å². The Labute approximate surface area is 115 Å². The molecule has 102 valence electrons. The smallest absolute Gasteiger partial charge is 0.142 e. The number of hydrogen-bond acceptors (Lipinski definition) is 5. The van der Waals surface area contributed by atoms with Crippen LogP contribution < -0.4 is 5.32 Å². The summed E-state index contributed by atoms with van der Waals surface area (Å²) in [5.41, 5.74) is 0.868. The maximum absolute atomic E-state index is 4.32. The molecule has 0 saturated heterocycles. The van der Waals surface area contributed by atoms with Gasteiger partial charge >= 0.3 is 0 Å². The Bertz CT molecular complexity index is 729. The number of aromatic nitrogens is 6. The number of H-pyrrole nitrogens is 1. The highest BCUT2D eigenvalue weighted by Crippen LogP contribution is 2.21. The monoisotopic (exact) mass is 269 g/mol. The number of nitrogens with zero attached hydrogens (tertiary/aromatic N) is 5. The molecule has 2 N–H and O–H groups in total. The lowest BCUT2D eigenvalue weighted by Crippen LogP contribution is -2.26. The molecule has 0 fully saturated rings. The van der Waals surface area contributed by atoms with Gasteiger partial charge in [-0.2, -0.15) is 0 Å². The van der Waals surface area contributed by atoms with E-state index in [1.54, 1.807) is 6.33 Å². The number of rotatable bonds is 3. The highest BCUT2D eigenvalue weighted by molar-refractivity contribution is 5.86. The topological polar surface area (TPSA) is 84.3 Å². The third-order valence-corrected chi connectivity index (χ3v) is 3.84. The third kappa shape index (κ3) is 1.91. The van der Waals surface area contributed by atoms with Crippen LogP contribution in [0.2, 0.25) is 0 Å². The Balaban J connectivity index is 1.47. The number of aromatic amines is 1. The molecule has 0 aromatic carbocycles. The number of anilines is 1. The second kappa shape index (κ2) is 4.59. The van der Waals surface area contributed by atoms with Crippen molar-refractivity contribution in [2.75, 3.05) is 11.9 Å². The summed E-state index contributed by atoms with van der Waals surface area (Å²) in [5.74, 6) is 2.56. The van der Waals surface area contributed by atoms with Crippen LogP contribution in [0.15, 0.2) is 24.9 Å². The molecular formula is C13H15N7. The molecule has 1 unspecified atom stereocenters. The number of aryl methyl sites for hydroxylation is 1. The Morgan fingerprint density at radius 3 is 3.40 bits per heavy atom. The summed E-state index contributed by atoms with van der Waals surface area (Å²) in [7, 11) is 0. The molecule has 20 heavy (non-hydrogen) atoms. The summed E-state index contributed by atoms with van der Waals surface area (Å²) in [6.45, 7) is 1.87. The summed E-state index contributed by atoms with van der Waals surface area (Å²) < 4.78 is 2.14. The van der Waals surface area contributed by atoms with Crippen molar-refractivity contribution in [3.8, 4) is 0 Å². The number of nitrogens with one attached hydrogen (secondary N) is 2. The van der Waals surface area contributed by atoms with E-state index in [4.69, 9.17) is 0 Å². The van der Waals surface area contributed by atoms with Gasteiger partial charge in [0.05, 0.1) is 5.39 Å². The Kier molecular flexibility index (Phi) is 2.61. The van der Waals surface area contributed by atoms with E-state index >= 15 is 0 Å². The van der Waals surface area contributed by atoms with Crippen LogP contribution in [0.3, 0.4) is 0 Å². The summed E-state index contributed by atoms with van der Waals surface area (Å²) in [5, 5.41) is 12.5. The Morgan fingerprint density at radius 2 is 2.40 bits per heavy atom. The lowest BCUT2D eigenvalue weighted by atomic mass is 9.99. The van der Waals surface area contributed by atoms with Crippen molar-refractivity contribution in [3.63, 3.8) is 0 Å². The zero-order valence-corrected chi connectivity index (χ0v) is 11.0. The number of fused-ring (bicyclic) bond motifs is 2. The van der Waals surface area contributed by atoms with E-state index in [0.717, 1.165) is 48.6 Å². The minimum atomic E-state index is 0.572. The van der Waals surface area contributed by atoms with Crippen molar-refractivity contribution in [2.24, 2.45) is 5.92 Å². The maximum atomic E-state index is 4.32. The van der Waals surface area contributed by atoms with E-state index in [-0.39, 0.29) is 0 Å². The molecule has 0 saturated carbocycles. The zero-order valence-electron chi connectivity index (χ0n) is 11.0. The van der Waals surface area contributed by atoms with Crippen LogP contribution in [0.25, 0.3) is 11.0 Å². The summed E-state index contributed by atoms with van der Waals surface area (Å²) >= 11 is 0. The molecule has 0 radical (unpaired) electrons. The molecule has 0 aliphatic carbocycles. The second-order valence-electron chi connectivity index (χ2n) is 5.15. The molecule has 0 amide bonds. The average molecular weight is 269 g/mol. The molecule has 7 heteroatoms. The highest BCUT2D eigenvalue weighted by Gasteiger charge is 2.19. The first-order chi connectivity index (χ1) is 9.90. The molecule has 1 atom stereocenters. The molecule has 4 heterocycles. The molecule has 7 nitrogen and oxygen atoms in total. The standard InChI is InChI=1S/C13H15N7/c1-2-11-19-18-8-20(11)6-9(1)5-15-13-10-3-4-14-12(10)16-7-17-13/h3-4,7-9H,1-2,5-6H2,(H2,14,15,16,17). The van der Waals surface area contributed by atoms with E-state index in [0.29, 0.717) is 5.92 Å². The average Bonchev–Trinajstić information content (AvgIpc) is 3.13. The van der Waals surface area contributed by atoms with Crippen LogP contribution in [-0.2, 0) is 13.0 Å². The van der Waals surface area contributed by atoms with Crippen LogP contribution in [0, 0.1) is 5.92 Å². The SMILES string of the molecule is c1nc(NCC2CCc3nncn3C2)c2cc[nH]c2n1. The van der Waals surface area contributed by atoms with Gasteiger partial charge in [-0.15, -0.1) is 10.2 Å². The normalized spacial score (nSPS) is 18.1. The van der Waals surface area contributed by atoms with Crippen molar-refractivity contribution in [1.82, 2.24) is 29.7 Å². The van der Waals surface area contributed by atoms with Crippen LogP contribution in [0.1, 0.15) is 12.2 Å². The maximum Gasteiger partial charge on any atom is 0.142 e. The molecule has 3 aromatic heterocycles. The fourth-order valence-electron chi connectivity index (χ4n) is 2.75. The first kappa shape index (κ1) is 11.4. The van der Waals surface area contributed by atoms with E-state index in [9.17, 15) is 0 Å². The molecule has 1 aliphatic rings. The van der Waals surface area contributed by atoms with Crippen molar-refractivity contribution in [2.45, 2.75) is 19.4 Å². The van der Waals surface area contributed by atoms with Gasteiger partial charge in [0.2, 0.25) is 0 Å². The minimum absolute atomic E-state index is 0.572. The lowest BCUT2D eigenvalue weighted by molar-refractivity contribution is 0.381. The quantitative estimate of drug-likeness (QED) is 0.747. The first-order valence-electron chi connectivity index (χ1n) is 6.79. The third-order valence-electron chi connectivity index (χ3n) is 3.84. The first-order valence-corrected chi connectivity index (χ1v) is 6.79. The van der Waals surface area contributed by atoms with Gasteiger partial charge in [-0.1, -0.05) is 0 Å². The van der Waals surface area contributed by atoms with Gasteiger partial charge in [0.25, 0.3) is 0 Å². The van der Waals surface area contributed by atoms with Gasteiger partial charge in [0, 0.05) is 25.7 Å². The molecule has 3 aromatic rings. The van der Waals surface area contributed by atoms with Crippen LogP contribution in [-0.4, -0.2) is 36.3 Å². The summed E-state index contributed by atoms with van der Waals surface area (Å²) in [4.78, 5) is 11.6. The molecule has 0 bridgehead atoms. The largest absolute Gasteiger partial charge is 0.369 e. The fourth-order valence-corrected chi connectivity index (χ4v) is 2.75. The van der Waals surface area contributed by atoms with Gasteiger partial charge in [0.15, 0.2) is 0 Å². The van der Waals surface area contributed by atoms with Gasteiger partial charge in [-0.3, -0.25) is 0 Å². The molecule has 0 spiro atoms. The van der Waals surface area contributed by atoms with Gasteiger partial charge in [-0.25, -0.2) is 9.97 Å². The fraction of sp³-hybridized carbons (Fsp3) is 0.385. The van der Waals surface area contributed by atoms with Gasteiger partial charge in [0.1, 0.15) is 29.9 Å². The lowest BCUT2D eigenvalue weighted by Gasteiger charge is -2.23. The van der Waals surface area contributed by atoms with Crippen molar-refractivity contribution in [3.05, 3.63) is 30.7 Å². The van der Waals surface area contributed by atoms with E-state index in [1.165, 1.54) is 0 Å². The van der Waals surface area contributed by atoms with Crippen LogP contribution in [0.4, 0.5) is 5.82 Å². The van der Waals surface area contributed by atoms with Crippen LogP contribution in [0.5, 0.6) is 0 Å². The van der Waals surface area contributed by atoms with Crippen LogP contribution >= 0.6 is 0 Å². The second-order valence-corrected chi connectivity index (χ2v) is 5.15. The van der Waals surface area contributed by atoms with E-state index in [1.807, 2.05) is 18.6 Å². The summed E-state index contributed by atoms with van der Waals surface area (Å²) in [6.07, 6.45) is 7.41. The highest BCUT2D eigenvalue weighted by atomic mass is 15.3. The predicted octanol–water partition coefficient (Wildman–Crippen LogP) is 1.22. The Morgan fingerprint density at radius 1 is 1.40 bits per heavy atom. The minimum Gasteiger partial charge on any atom is -0.369 e. The van der Waals surface area contributed by atoms with Crippen molar-refractivity contribution < 1.29 is 0 Å². The van der Waals surface area contributed by atoms with Crippen molar-refractivity contribution >= 4 is 16.9 Å². The summed E-state index contributed by atoms with van der Waals surface area (Å²) in [6, 6.07) is 2.00. The zero-order chi connectivity index (χ0) is 13.4. The van der Waals surface area contributed by atoms with Crippen molar-refractivity contribution in [1.29, 1.82) is 0 Å².